The molecule has 0 fully saturated rings. The van der Waals surface area contributed by atoms with Crippen LogP contribution in [0.4, 0.5) is 0 Å². The van der Waals surface area contributed by atoms with Gasteiger partial charge in [-0.05, 0) is 28.8 Å². The molecule has 0 amide bonds. The van der Waals surface area contributed by atoms with Gasteiger partial charge in [0, 0.05) is 18.9 Å². The Hall–Kier alpha value is -2.35. The van der Waals surface area contributed by atoms with Gasteiger partial charge in [0.1, 0.15) is 0 Å². The largest absolute Gasteiger partial charge is 0.333 e. The molecule has 0 unspecified atom stereocenters. The van der Waals surface area contributed by atoms with Crippen molar-refractivity contribution in [3.8, 4) is 11.1 Å². The summed E-state index contributed by atoms with van der Waals surface area (Å²) in [4.78, 5) is 4.04. The third kappa shape index (κ3) is 2.33. The summed E-state index contributed by atoms with van der Waals surface area (Å²) in [5, 5.41) is 0. The van der Waals surface area contributed by atoms with Crippen LogP contribution in [0.3, 0.4) is 0 Å². The zero-order valence-electron chi connectivity index (χ0n) is 9.95. The summed E-state index contributed by atoms with van der Waals surface area (Å²) in [7, 11) is 0. The van der Waals surface area contributed by atoms with Crippen molar-refractivity contribution in [3.63, 3.8) is 0 Å². The molecule has 87 valence electrons. The highest BCUT2D eigenvalue weighted by atomic mass is 15.0. The van der Waals surface area contributed by atoms with Crippen LogP contribution in [0, 0.1) is 6.07 Å². The lowest BCUT2D eigenvalue weighted by Gasteiger charge is -2.04. The lowest BCUT2D eigenvalue weighted by Crippen LogP contribution is -1.95. The molecule has 1 aromatic heterocycles. The smallest absolute Gasteiger partial charge is 0.0949 e. The monoisotopic (exact) mass is 233 g/mol. The van der Waals surface area contributed by atoms with Crippen molar-refractivity contribution < 1.29 is 0 Å². The van der Waals surface area contributed by atoms with Gasteiger partial charge in [0.15, 0.2) is 0 Å². The quantitative estimate of drug-likeness (QED) is 0.678. The molecular weight excluding hydrogens is 220 g/mol. The summed E-state index contributed by atoms with van der Waals surface area (Å²) in [6.45, 7) is 0.839. The van der Waals surface area contributed by atoms with Crippen LogP contribution in [0.15, 0.2) is 67.3 Å². The van der Waals surface area contributed by atoms with E-state index in [2.05, 4.69) is 35.3 Å². The Kier molecular flexibility index (Phi) is 2.92. The molecule has 0 N–H and O–H groups in total. The predicted molar refractivity (Wildman–Crippen MR) is 72.0 cm³/mol. The van der Waals surface area contributed by atoms with E-state index in [1.54, 1.807) is 6.20 Å². The van der Waals surface area contributed by atoms with Crippen molar-refractivity contribution in [3.05, 3.63) is 78.9 Å². The molecule has 3 rings (SSSR count). The number of hydrogen-bond donors (Lipinski definition) is 0. The van der Waals surface area contributed by atoms with Crippen LogP contribution in [0.25, 0.3) is 11.1 Å². The minimum Gasteiger partial charge on any atom is -0.333 e. The molecule has 2 heteroatoms. The van der Waals surface area contributed by atoms with Crippen molar-refractivity contribution in [2.75, 3.05) is 0 Å². The molecule has 0 spiro atoms. The van der Waals surface area contributed by atoms with Gasteiger partial charge in [0.05, 0.1) is 6.33 Å². The fraction of sp³-hybridized carbons (Fsp3) is 0.0625. The van der Waals surface area contributed by atoms with Crippen molar-refractivity contribution in [2.24, 2.45) is 0 Å². The van der Waals surface area contributed by atoms with E-state index in [9.17, 15) is 0 Å². The minimum atomic E-state index is 0.839. The lowest BCUT2D eigenvalue weighted by molar-refractivity contribution is 0.797. The summed E-state index contributed by atoms with van der Waals surface area (Å²) >= 11 is 0. The zero-order chi connectivity index (χ0) is 12.2. The van der Waals surface area contributed by atoms with Gasteiger partial charge in [-0.2, -0.15) is 0 Å². The summed E-state index contributed by atoms with van der Waals surface area (Å²) in [5.74, 6) is 0. The lowest BCUT2D eigenvalue weighted by atomic mass is 10.0. The first-order valence-electron chi connectivity index (χ1n) is 5.93. The highest BCUT2D eigenvalue weighted by Gasteiger charge is 1.98. The van der Waals surface area contributed by atoms with E-state index in [1.807, 2.05) is 41.4 Å². The molecule has 0 aliphatic carbocycles. The van der Waals surface area contributed by atoms with Gasteiger partial charge in [-0.25, -0.2) is 4.98 Å². The number of rotatable bonds is 3. The van der Waals surface area contributed by atoms with Crippen LogP contribution < -0.4 is 0 Å². The summed E-state index contributed by atoms with van der Waals surface area (Å²) < 4.78 is 2.05. The first kappa shape index (κ1) is 10.8. The maximum absolute atomic E-state index is 4.04. The standard InChI is InChI=1S/C16H13N2/c1-2-4-15(5-3-1)16-8-6-14(7-9-16)12-18-11-10-17-13-18/h1-8,10-11,13H,12H2. The Morgan fingerprint density at radius 3 is 2.61 bits per heavy atom. The zero-order valence-corrected chi connectivity index (χ0v) is 9.95. The van der Waals surface area contributed by atoms with Crippen molar-refractivity contribution in [2.45, 2.75) is 6.54 Å². The SMILES string of the molecule is [c]1cc(Cn2ccnc2)ccc1-c1ccccc1. The van der Waals surface area contributed by atoms with Crippen molar-refractivity contribution >= 4 is 0 Å². The second kappa shape index (κ2) is 4.88. The first-order valence-corrected chi connectivity index (χ1v) is 5.93. The van der Waals surface area contributed by atoms with Crippen molar-refractivity contribution in [1.29, 1.82) is 0 Å². The second-order valence-corrected chi connectivity index (χ2v) is 4.21. The van der Waals surface area contributed by atoms with E-state index in [-0.39, 0.29) is 0 Å². The van der Waals surface area contributed by atoms with E-state index in [1.165, 1.54) is 11.1 Å². The highest BCUT2D eigenvalue weighted by Crippen LogP contribution is 2.18. The fourth-order valence-electron chi connectivity index (χ4n) is 1.94. The van der Waals surface area contributed by atoms with Gasteiger partial charge in [0.25, 0.3) is 0 Å². The average molecular weight is 233 g/mol. The van der Waals surface area contributed by atoms with Crippen LogP contribution in [0.1, 0.15) is 5.56 Å². The Bertz CT molecular complexity index is 595. The highest BCUT2D eigenvalue weighted by molar-refractivity contribution is 5.62. The average Bonchev–Trinajstić information content (AvgIpc) is 2.94. The van der Waals surface area contributed by atoms with Crippen LogP contribution in [-0.4, -0.2) is 9.55 Å². The van der Waals surface area contributed by atoms with Crippen LogP contribution in [0.5, 0.6) is 0 Å². The number of imidazole rings is 1. The Labute approximate surface area is 107 Å². The van der Waals surface area contributed by atoms with Gasteiger partial charge in [-0.1, -0.05) is 42.5 Å². The van der Waals surface area contributed by atoms with Gasteiger partial charge < -0.3 is 4.57 Å². The molecule has 1 heterocycles. The number of nitrogens with zero attached hydrogens (tertiary/aromatic N) is 2. The molecule has 0 aliphatic rings. The molecule has 0 aliphatic heterocycles. The van der Waals surface area contributed by atoms with Gasteiger partial charge in [0.2, 0.25) is 0 Å². The van der Waals surface area contributed by atoms with E-state index in [0.29, 0.717) is 0 Å². The molecule has 0 saturated heterocycles. The van der Waals surface area contributed by atoms with E-state index in [4.69, 9.17) is 0 Å². The number of benzene rings is 2. The Balaban J connectivity index is 1.81. The number of hydrogen-bond acceptors (Lipinski definition) is 1. The van der Waals surface area contributed by atoms with E-state index >= 15 is 0 Å². The normalized spacial score (nSPS) is 10.4. The molecule has 0 saturated carbocycles. The molecule has 3 aromatic rings. The van der Waals surface area contributed by atoms with Gasteiger partial charge in [-0.15, -0.1) is 0 Å². The third-order valence-corrected chi connectivity index (χ3v) is 2.89. The number of aromatic nitrogens is 2. The first-order chi connectivity index (χ1) is 8.92. The topological polar surface area (TPSA) is 17.8 Å². The van der Waals surface area contributed by atoms with Crippen LogP contribution in [-0.2, 0) is 6.54 Å². The fourth-order valence-corrected chi connectivity index (χ4v) is 1.94. The summed E-state index contributed by atoms with van der Waals surface area (Å²) in [6.07, 6.45) is 5.58. The molecule has 2 nitrogen and oxygen atoms in total. The van der Waals surface area contributed by atoms with E-state index < -0.39 is 0 Å². The summed E-state index contributed by atoms with van der Waals surface area (Å²) in [5.41, 5.74) is 3.56. The minimum absolute atomic E-state index is 0.839. The molecular formula is C16H13N2. The van der Waals surface area contributed by atoms with Crippen LogP contribution in [0.2, 0.25) is 0 Å². The van der Waals surface area contributed by atoms with Crippen molar-refractivity contribution in [1.82, 2.24) is 9.55 Å². The van der Waals surface area contributed by atoms with Gasteiger partial charge in [-0.3, -0.25) is 0 Å². The van der Waals surface area contributed by atoms with Crippen LogP contribution >= 0.6 is 0 Å². The van der Waals surface area contributed by atoms with E-state index in [0.717, 1.165) is 12.1 Å². The maximum atomic E-state index is 4.04. The molecule has 0 atom stereocenters. The molecule has 18 heavy (non-hydrogen) atoms. The molecule has 2 aromatic carbocycles. The Morgan fingerprint density at radius 2 is 1.94 bits per heavy atom. The molecule has 0 bridgehead atoms. The molecule has 1 radical (unpaired) electrons. The Morgan fingerprint density at radius 1 is 1.06 bits per heavy atom. The second-order valence-electron chi connectivity index (χ2n) is 4.21. The maximum Gasteiger partial charge on any atom is 0.0949 e. The summed E-state index contributed by atoms with van der Waals surface area (Å²) in [6, 6.07) is 19.9. The van der Waals surface area contributed by atoms with Gasteiger partial charge >= 0.3 is 0 Å². The third-order valence-electron chi connectivity index (χ3n) is 2.89. The predicted octanol–water partition coefficient (Wildman–Crippen LogP) is 3.40.